The van der Waals surface area contributed by atoms with Crippen molar-refractivity contribution in [3.05, 3.63) is 23.3 Å². The van der Waals surface area contributed by atoms with Crippen molar-refractivity contribution in [2.45, 2.75) is 119 Å². The van der Waals surface area contributed by atoms with E-state index in [1.807, 2.05) is 41.5 Å². The average Bonchev–Trinajstić information content (AvgIpc) is 3.06. The first-order chi connectivity index (χ1) is 23.3. The van der Waals surface area contributed by atoms with E-state index >= 15 is 0 Å². The summed E-state index contributed by atoms with van der Waals surface area (Å²) in [6, 6.07) is 2.82. The number of rotatable bonds is 27. The molecule has 0 radical (unpaired) electrons. The van der Waals surface area contributed by atoms with Crippen molar-refractivity contribution in [3.63, 3.8) is 0 Å². The van der Waals surface area contributed by atoms with Gasteiger partial charge in [-0.15, -0.1) is 0 Å². The molecule has 0 aliphatic carbocycles. The molecule has 0 bridgehead atoms. The Morgan fingerprint density at radius 3 is 0.938 bits per heavy atom. The maximum absolute atomic E-state index is 13.1. The first kappa shape index (κ1) is 40.4. The number of carboxylic acids is 2. The highest BCUT2D eigenvalue weighted by Crippen LogP contribution is 2.55. The van der Waals surface area contributed by atoms with Crippen molar-refractivity contribution < 1.29 is 48.2 Å². The van der Waals surface area contributed by atoms with Gasteiger partial charge in [0.2, 0.25) is 11.5 Å². The average molecular weight is 675 g/mol. The summed E-state index contributed by atoms with van der Waals surface area (Å²) in [6.07, 6.45) is 9.48. The number of benzene rings is 2. The van der Waals surface area contributed by atoms with Crippen molar-refractivity contribution in [2.24, 2.45) is 0 Å². The summed E-state index contributed by atoms with van der Waals surface area (Å²) in [6.45, 7) is 14.1. The van der Waals surface area contributed by atoms with Crippen LogP contribution in [-0.2, 0) is 0 Å². The second kappa shape index (κ2) is 22.7. The fraction of sp³-hybridized carbons (Fsp3) is 0.632. The molecule has 2 aromatic carbocycles. The van der Waals surface area contributed by atoms with Crippen LogP contribution in [0.2, 0.25) is 0 Å². The Labute approximate surface area is 287 Å². The smallest absolute Gasteiger partial charge is 0.336 e. The van der Waals surface area contributed by atoms with Gasteiger partial charge in [0.25, 0.3) is 0 Å². The minimum atomic E-state index is -1.28. The van der Waals surface area contributed by atoms with Crippen LogP contribution in [0.4, 0.5) is 0 Å². The molecule has 0 unspecified atom stereocenters. The van der Waals surface area contributed by atoms with Crippen LogP contribution >= 0.6 is 0 Å². The second-order valence-corrected chi connectivity index (χ2v) is 11.7. The summed E-state index contributed by atoms with van der Waals surface area (Å²) >= 11 is 0. The van der Waals surface area contributed by atoms with E-state index in [0.717, 1.165) is 64.2 Å². The van der Waals surface area contributed by atoms with Crippen molar-refractivity contribution in [1.29, 1.82) is 0 Å². The number of hydrogen-bond acceptors (Lipinski definition) is 8. The maximum Gasteiger partial charge on any atom is 0.336 e. The molecule has 0 amide bonds. The molecule has 0 atom stereocenters. The molecule has 0 saturated carbocycles. The van der Waals surface area contributed by atoms with Gasteiger partial charge in [0.05, 0.1) is 50.8 Å². The molecule has 10 nitrogen and oxygen atoms in total. The molecule has 0 heterocycles. The van der Waals surface area contributed by atoms with Gasteiger partial charge in [-0.25, -0.2) is 9.59 Å². The van der Waals surface area contributed by atoms with Gasteiger partial charge in [-0.05, 0) is 50.7 Å². The Morgan fingerprint density at radius 1 is 0.438 bits per heavy atom. The molecule has 2 aromatic rings. The van der Waals surface area contributed by atoms with Crippen LogP contribution in [0.1, 0.15) is 139 Å². The number of ether oxygens (including phenoxy) is 6. The van der Waals surface area contributed by atoms with Gasteiger partial charge in [-0.1, -0.05) is 80.1 Å². The van der Waals surface area contributed by atoms with Crippen molar-refractivity contribution in [3.8, 4) is 45.6 Å². The lowest BCUT2D eigenvalue weighted by Gasteiger charge is -2.26. The quantitative estimate of drug-likeness (QED) is 0.0883. The molecule has 2 N–H and O–H groups in total. The molecule has 270 valence electrons. The second-order valence-electron chi connectivity index (χ2n) is 11.7. The molecule has 0 aliphatic heterocycles. The van der Waals surface area contributed by atoms with Crippen molar-refractivity contribution >= 4 is 11.9 Å². The van der Waals surface area contributed by atoms with Gasteiger partial charge >= 0.3 is 11.9 Å². The fourth-order valence-electron chi connectivity index (χ4n) is 4.76. The summed E-state index contributed by atoms with van der Waals surface area (Å²) in [5.74, 6) is -1.41. The minimum absolute atomic E-state index is 0.0392. The zero-order chi connectivity index (χ0) is 35.3. The number of unbranched alkanes of at least 4 members (excludes halogenated alkanes) is 6. The fourth-order valence-corrected chi connectivity index (χ4v) is 4.76. The highest BCUT2D eigenvalue weighted by molar-refractivity contribution is 6.07. The third-order valence-electron chi connectivity index (χ3n) is 7.60. The Kier molecular flexibility index (Phi) is 19.1. The third kappa shape index (κ3) is 11.7. The lowest BCUT2D eigenvalue weighted by Crippen LogP contribution is -2.14. The predicted molar refractivity (Wildman–Crippen MR) is 188 cm³/mol. The Morgan fingerprint density at radius 2 is 0.688 bits per heavy atom. The van der Waals surface area contributed by atoms with Gasteiger partial charge in [-0.3, -0.25) is 0 Å². The summed E-state index contributed by atoms with van der Waals surface area (Å²) in [5, 5.41) is 21.4. The van der Waals surface area contributed by atoms with Gasteiger partial charge in [0, 0.05) is 11.1 Å². The molecule has 0 fully saturated rings. The van der Waals surface area contributed by atoms with E-state index < -0.39 is 11.9 Å². The van der Waals surface area contributed by atoms with E-state index in [2.05, 4.69) is 0 Å². The molecule has 10 heteroatoms. The van der Waals surface area contributed by atoms with Crippen LogP contribution < -0.4 is 28.4 Å². The summed E-state index contributed by atoms with van der Waals surface area (Å²) in [4.78, 5) is 26.3. The molecular formula is C38H58O10. The minimum Gasteiger partial charge on any atom is -0.490 e. The molecule has 0 spiro atoms. The monoisotopic (exact) mass is 674 g/mol. The van der Waals surface area contributed by atoms with E-state index in [9.17, 15) is 19.8 Å². The number of hydrogen-bond donors (Lipinski definition) is 2. The first-order valence-corrected chi connectivity index (χ1v) is 18.0. The summed E-state index contributed by atoms with van der Waals surface area (Å²) in [7, 11) is 0. The van der Waals surface area contributed by atoms with Crippen LogP contribution in [0, 0.1) is 0 Å². The standard InChI is InChI=1S/C38H58O10/c1-7-13-19-43-29-25-27(37(39)40)31(35(47-23-17-11-5)33(29)45-21-15-9-3)32-28(38(41)42)26-30(44-20-14-8-2)34(46-22-16-10-4)36(32)48-24-18-12-6/h25-26H,7-24H2,1-6H3,(H,39,40)(H,41,42). The highest BCUT2D eigenvalue weighted by Gasteiger charge is 2.34. The third-order valence-corrected chi connectivity index (χ3v) is 7.60. The van der Waals surface area contributed by atoms with Crippen LogP contribution in [0.25, 0.3) is 11.1 Å². The van der Waals surface area contributed by atoms with Crippen LogP contribution in [0.5, 0.6) is 34.5 Å². The van der Waals surface area contributed by atoms with Gasteiger partial charge < -0.3 is 38.6 Å². The molecule has 0 aromatic heterocycles. The van der Waals surface area contributed by atoms with Gasteiger partial charge in [0.1, 0.15) is 0 Å². The van der Waals surface area contributed by atoms with Crippen LogP contribution in [0.3, 0.4) is 0 Å². The predicted octanol–water partition coefficient (Wildman–Crippen LogP) is 9.82. The highest BCUT2D eigenvalue weighted by atomic mass is 16.6. The number of carbonyl (C=O) groups is 2. The molecular weight excluding hydrogens is 616 g/mol. The lowest BCUT2D eigenvalue weighted by atomic mass is 9.91. The molecule has 0 saturated heterocycles. The Balaban J connectivity index is 3.18. The van der Waals surface area contributed by atoms with Crippen LogP contribution in [0.15, 0.2) is 12.1 Å². The van der Waals surface area contributed by atoms with Gasteiger partial charge in [-0.2, -0.15) is 0 Å². The summed E-state index contributed by atoms with van der Waals surface area (Å²) in [5.41, 5.74) is -0.315. The molecule has 2 rings (SSSR count). The van der Waals surface area contributed by atoms with Crippen LogP contribution in [-0.4, -0.2) is 61.8 Å². The van der Waals surface area contributed by atoms with E-state index in [0.29, 0.717) is 39.3 Å². The Bertz CT molecular complexity index is 1180. The molecule has 0 aliphatic rings. The number of aromatic carboxylic acids is 2. The van der Waals surface area contributed by atoms with Crippen molar-refractivity contribution in [1.82, 2.24) is 0 Å². The van der Waals surface area contributed by atoms with Gasteiger partial charge in [0.15, 0.2) is 23.0 Å². The zero-order valence-corrected chi connectivity index (χ0v) is 30.0. The Hall–Kier alpha value is -3.82. The van der Waals surface area contributed by atoms with E-state index in [-0.39, 0.29) is 70.0 Å². The first-order valence-electron chi connectivity index (χ1n) is 18.0. The SMILES string of the molecule is CCCCOc1cc(C(=O)O)c(-c2c(C(=O)O)cc(OCCCC)c(OCCCC)c2OCCCC)c(OCCCC)c1OCCCC. The van der Waals surface area contributed by atoms with E-state index in [4.69, 9.17) is 28.4 Å². The largest absolute Gasteiger partial charge is 0.490 e. The maximum atomic E-state index is 13.1. The topological polar surface area (TPSA) is 130 Å². The van der Waals surface area contributed by atoms with Crippen molar-refractivity contribution in [2.75, 3.05) is 39.6 Å². The number of carboxylic acid groups (broad SMARTS) is 2. The zero-order valence-electron chi connectivity index (χ0n) is 30.0. The van der Waals surface area contributed by atoms with E-state index in [1.165, 1.54) is 12.1 Å². The summed E-state index contributed by atoms with van der Waals surface area (Å²) < 4.78 is 37.7. The lowest BCUT2D eigenvalue weighted by molar-refractivity contribution is 0.0683. The molecule has 48 heavy (non-hydrogen) atoms. The van der Waals surface area contributed by atoms with E-state index in [1.54, 1.807) is 0 Å². The normalized spacial score (nSPS) is 10.9.